The molecule has 0 bridgehead atoms. The highest BCUT2D eigenvalue weighted by molar-refractivity contribution is 9.11. The van der Waals surface area contributed by atoms with Gasteiger partial charge in [0, 0.05) is 18.2 Å². The third-order valence-electron chi connectivity index (χ3n) is 4.63. The number of aromatic nitrogens is 6. The van der Waals surface area contributed by atoms with Gasteiger partial charge in [-0.15, -0.1) is 21.5 Å². The summed E-state index contributed by atoms with van der Waals surface area (Å²) in [6.07, 6.45) is 1.20. The zero-order chi connectivity index (χ0) is 22.5. The van der Waals surface area contributed by atoms with Crippen molar-refractivity contribution in [1.82, 2.24) is 41.2 Å². The number of nitrogens with zero attached hydrogens (tertiary/aromatic N) is 5. The van der Waals surface area contributed by atoms with Crippen molar-refractivity contribution in [2.75, 3.05) is 0 Å². The quantitative estimate of drug-likeness (QED) is 0.345. The molecule has 0 spiro atoms. The van der Waals surface area contributed by atoms with E-state index in [0.717, 1.165) is 20.5 Å². The summed E-state index contributed by atoms with van der Waals surface area (Å²) in [6, 6.07) is 10.5. The van der Waals surface area contributed by atoms with Crippen molar-refractivity contribution in [2.24, 2.45) is 0 Å². The first-order valence-corrected chi connectivity index (χ1v) is 11.2. The van der Waals surface area contributed by atoms with Gasteiger partial charge < -0.3 is 10.6 Å². The van der Waals surface area contributed by atoms with Crippen LogP contribution in [0, 0.1) is 0 Å². The first-order valence-electron chi connectivity index (χ1n) is 9.48. The average Bonchev–Trinajstić information content (AvgIpc) is 3.49. The van der Waals surface area contributed by atoms with Gasteiger partial charge in [0.05, 0.1) is 9.83 Å². The highest BCUT2D eigenvalue weighted by Crippen LogP contribution is 2.23. The summed E-state index contributed by atoms with van der Waals surface area (Å²) in [6.45, 7) is 2.21. The van der Waals surface area contributed by atoms with Gasteiger partial charge in [-0.25, -0.2) is 9.97 Å². The third-order valence-corrected chi connectivity index (χ3v) is 6.44. The molecule has 10 nitrogen and oxygen atoms in total. The van der Waals surface area contributed by atoms with E-state index in [1.165, 1.54) is 23.7 Å². The number of halogens is 1. The molecule has 1 aromatic carbocycles. The molecule has 2 amide bonds. The molecule has 12 heteroatoms. The second-order valence-electron chi connectivity index (χ2n) is 6.74. The van der Waals surface area contributed by atoms with Gasteiger partial charge in [0.15, 0.2) is 0 Å². The van der Waals surface area contributed by atoms with Crippen LogP contribution in [0.1, 0.15) is 45.1 Å². The maximum atomic E-state index is 12.7. The van der Waals surface area contributed by atoms with Crippen LogP contribution in [0.3, 0.4) is 0 Å². The van der Waals surface area contributed by atoms with Gasteiger partial charge in [0.2, 0.25) is 5.82 Å². The second-order valence-corrected chi connectivity index (χ2v) is 8.98. The number of aromatic amines is 1. The Labute approximate surface area is 195 Å². The van der Waals surface area contributed by atoms with Crippen LogP contribution in [0.25, 0.3) is 11.4 Å². The van der Waals surface area contributed by atoms with Gasteiger partial charge in [-0.3, -0.25) is 9.59 Å². The summed E-state index contributed by atoms with van der Waals surface area (Å²) >= 11 is 4.98. The Morgan fingerprint density at radius 3 is 2.53 bits per heavy atom. The van der Waals surface area contributed by atoms with Gasteiger partial charge in [0.25, 0.3) is 11.8 Å². The van der Waals surface area contributed by atoms with Gasteiger partial charge >= 0.3 is 0 Å². The molecule has 4 aromatic rings. The number of hydrogen-bond donors (Lipinski definition) is 3. The van der Waals surface area contributed by atoms with E-state index in [0.29, 0.717) is 12.4 Å². The van der Waals surface area contributed by atoms with Crippen LogP contribution < -0.4 is 10.6 Å². The summed E-state index contributed by atoms with van der Waals surface area (Å²) < 4.78 is 0.958. The highest BCUT2D eigenvalue weighted by Gasteiger charge is 2.16. The van der Waals surface area contributed by atoms with E-state index in [-0.39, 0.29) is 23.3 Å². The lowest BCUT2D eigenvalue weighted by Gasteiger charge is -2.14. The van der Waals surface area contributed by atoms with Crippen molar-refractivity contribution in [3.63, 3.8) is 0 Å². The Kier molecular flexibility index (Phi) is 6.61. The van der Waals surface area contributed by atoms with E-state index in [2.05, 4.69) is 57.2 Å². The second kappa shape index (κ2) is 9.75. The SMILES string of the molecule is C[C@H](NC(=O)c1cc(C(=O)NCc2ccsc2Br)ncn1)c1ccc(-c2nn[nH]n2)cc1. The average molecular weight is 513 g/mol. The molecule has 0 aliphatic carbocycles. The minimum absolute atomic E-state index is 0.108. The number of carbonyl (C=O) groups is 2. The fourth-order valence-corrected chi connectivity index (χ4v) is 4.12. The lowest BCUT2D eigenvalue weighted by molar-refractivity contribution is 0.0934. The number of thiophene rings is 1. The zero-order valence-corrected chi connectivity index (χ0v) is 19.1. The number of benzene rings is 1. The van der Waals surface area contributed by atoms with Crippen LogP contribution in [-0.2, 0) is 6.54 Å². The fourth-order valence-electron chi connectivity index (χ4n) is 2.88. The molecule has 0 saturated heterocycles. The molecular weight excluding hydrogens is 496 g/mol. The molecule has 0 aliphatic heterocycles. The van der Waals surface area contributed by atoms with E-state index in [9.17, 15) is 9.59 Å². The van der Waals surface area contributed by atoms with Crippen LogP contribution in [0.15, 0.2) is 51.9 Å². The van der Waals surface area contributed by atoms with Crippen molar-refractivity contribution in [1.29, 1.82) is 0 Å². The highest BCUT2D eigenvalue weighted by atomic mass is 79.9. The monoisotopic (exact) mass is 512 g/mol. The van der Waals surface area contributed by atoms with Gasteiger partial charge in [-0.2, -0.15) is 5.21 Å². The van der Waals surface area contributed by atoms with E-state index in [4.69, 9.17) is 0 Å². The van der Waals surface area contributed by atoms with Crippen molar-refractivity contribution < 1.29 is 9.59 Å². The minimum atomic E-state index is -0.406. The lowest BCUT2D eigenvalue weighted by atomic mass is 10.1. The predicted octanol–water partition coefficient (Wildman–Crippen LogP) is 2.90. The molecule has 0 unspecified atom stereocenters. The van der Waals surface area contributed by atoms with Crippen molar-refractivity contribution >= 4 is 39.1 Å². The minimum Gasteiger partial charge on any atom is -0.347 e. The van der Waals surface area contributed by atoms with Crippen molar-refractivity contribution in [3.8, 4) is 11.4 Å². The van der Waals surface area contributed by atoms with Crippen LogP contribution in [-0.4, -0.2) is 42.4 Å². The van der Waals surface area contributed by atoms with Crippen LogP contribution in [0.4, 0.5) is 0 Å². The largest absolute Gasteiger partial charge is 0.347 e. The summed E-state index contributed by atoms with van der Waals surface area (Å²) in [5, 5.41) is 21.4. The van der Waals surface area contributed by atoms with E-state index in [1.807, 2.05) is 42.6 Å². The van der Waals surface area contributed by atoms with Gasteiger partial charge in [-0.05, 0) is 50.6 Å². The van der Waals surface area contributed by atoms with E-state index < -0.39 is 5.91 Å². The molecule has 0 radical (unpaired) electrons. The van der Waals surface area contributed by atoms with Crippen LogP contribution in [0.2, 0.25) is 0 Å². The number of carbonyl (C=O) groups excluding carboxylic acids is 2. The molecule has 1 atom stereocenters. The first kappa shape index (κ1) is 21.7. The molecule has 162 valence electrons. The number of tetrazole rings is 1. The first-order chi connectivity index (χ1) is 15.5. The number of rotatable bonds is 7. The normalized spacial score (nSPS) is 11.7. The number of hydrogen-bond acceptors (Lipinski definition) is 8. The molecule has 3 heterocycles. The van der Waals surface area contributed by atoms with E-state index in [1.54, 1.807) is 0 Å². The molecular formula is C20H17BrN8O2S. The van der Waals surface area contributed by atoms with E-state index >= 15 is 0 Å². The van der Waals surface area contributed by atoms with Crippen molar-refractivity contribution in [2.45, 2.75) is 19.5 Å². The Bertz CT molecular complexity index is 1230. The summed E-state index contributed by atoms with van der Waals surface area (Å²) in [4.78, 5) is 33.1. The summed E-state index contributed by atoms with van der Waals surface area (Å²) in [5.41, 5.74) is 2.89. The fraction of sp³-hybridized carbons (Fsp3) is 0.150. The number of H-pyrrole nitrogens is 1. The van der Waals surface area contributed by atoms with Crippen LogP contribution >= 0.6 is 27.3 Å². The topological polar surface area (TPSA) is 138 Å². The van der Waals surface area contributed by atoms with Crippen LogP contribution in [0.5, 0.6) is 0 Å². The number of nitrogens with one attached hydrogen (secondary N) is 3. The lowest BCUT2D eigenvalue weighted by Crippen LogP contribution is -2.29. The summed E-state index contributed by atoms with van der Waals surface area (Å²) in [7, 11) is 0. The third kappa shape index (κ3) is 5.03. The molecule has 32 heavy (non-hydrogen) atoms. The number of amides is 2. The maximum Gasteiger partial charge on any atom is 0.270 e. The molecule has 0 fully saturated rings. The smallest absolute Gasteiger partial charge is 0.270 e. The standard InChI is InChI=1S/C20H17BrN8O2S/c1-11(12-2-4-13(5-3-12)18-26-28-29-27-18)25-20(31)16-8-15(23-10-24-16)19(30)22-9-14-6-7-32-17(14)21/h2-8,10-11H,9H2,1H3,(H,22,30)(H,25,31)(H,26,27,28,29)/t11-/m0/s1. The Morgan fingerprint density at radius 2 is 1.88 bits per heavy atom. The summed E-state index contributed by atoms with van der Waals surface area (Å²) in [5.74, 6) is -0.298. The van der Waals surface area contributed by atoms with Gasteiger partial charge in [0.1, 0.15) is 17.7 Å². The van der Waals surface area contributed by atoms with Gasteiger partial charge in [-0.1, -0.05) is 24.3 Å². The van der Waals surface area contributed by atoms with Crippen molar-refractivity contribution in [3.05, 3.63) is 74.4 Å². The molecule has 3 N–H and O–H groups in total. The molecule has 0 saturated carbocycles. The Hall–Kier alpha value is -3.51. The Balaban J connectivity index is 1.38. The molecule has 0 aliphatic rings. The molecule has 3 aromatic heterocycles. The zero-order valence-electron chi connectivity index (χ0n) is 16.7. The Morgan fingerprint density at radius 1 is 1.12 bits per heavy atom. The molecule has 4 rings (SSSR count). The maximum absolute atomic E-state index is 12.7. The predicted molar refractivity (Wildman–Crippen MR) is 121 cm³/mol.